The molecule has 0 bridgehead atoms. The minimum atomic E-state index is -1.06. The summed E-state index contributed by atoms with van der Waals surface area (Å²) < 4.78 is 1.37. The Hall–Kier alpha value is -1.76. The van der Waals surface area contributed by atoms with Crippen LogP contribution in [-0.4, -0.2) is 32.4 Å². The smallest absolute Gasteiger partial charge is 0.260 e. The summed E-state index contributed by atoms with van der Waals surface area (Å²) in [6, 6.07) is 4.87. The van der Waals surface area contributed by atoms with E-state index in [1.807, 2.05) is 0 Å². The molecule has 2 unspecified atom stereocenters. The van der Waals surface area contributed by atoms with Crippen molar-refractivity contribution in [1.29, 1.82) is 0 Å². The fraction of sp³-hybridized carbons (Fsp3) is 0.385. The van der Waals surface area contributed by atoms with Crippen molar-refractivity contribution in [2.75, 3.05) is 6.54 Å². The third-order valence-electron chi connectivity index (χ3n) is 3.11. The van der Waals surface area contributed by atoms with E-state index in [2.05, 4.69) is 4.98 Å². The molecule has 0 amide bonds. The van der Waals surface area contributed by atoms with Crippen molar-refractivity contribution in [2.45, 2.75) is 18.6 Å². The predicted molar refractivity (Wildman–Crippen MR) is 71.6 cm³/mol. The Kier molecular flexibility index (Phi) is 3.94. The number of aliphatic hydroxyl groups excluding tert-OH is 2. The standard InChI is InChI=1S/C13H17N3O3/c1-16-7-15-10-3-2-8(6-9(10)13(16)19)12(18)11(17)4-5-14/h2-3,6-7,11-12,17-18H,4-5,14H2,1H3. The third-order valence-corrected chi connectivity index (χ3v) is 3.11. The quantitative estimate of drug-likeness (QED) is 0.701. The van der Waals surface area contributed by atoms with Gasteiger partial charge in [0, 0.05) is 7.05 Å². The van der Waals surface area contributed by atoms with Crippen LogP contribution in [0.3, 0.4) is 0 Å². The van der Waals surface area contributed by atoms with Crippen molar-refractivity contribution in [3.63, 3.8) is 0 Å². The van der Waals surface area contributed by atoms with Gasteiger partial charge in [-0.3, -0.25) is 4.79 Å². The molecule has 0 saturated heterocycles. The molecule has 1 aromatic heterocycles. The zero-order valence-corrected chi connectivity index (χ0v) is 10.7. The van der Waals surface area contributed by atoms with Gasteiger partial charge in [0.15, 0.2) is 0 Å². The van der Waals surface area contributed by atoms with Gasteiger partial charge in [-0.05, 0) is 30.7 Å². The minimum absolute atomic E-state index is 0.188. The zero-order valence-electron chi connectivity index (χ0n) is 10.7. The van der Waals surface area contributed by atoms with Gasteiger partial charge in [0.2, 0.25) is 0 Å². The van der Waals surface area contributed by atoms with Gasteiger partial charge in [-0.25, -0.2) is 4.98 Å². The molecule has 2 rings (SSSR count). The second kappa shape index (κ2) is 5.48. The SMILES string of the molecule is Cn1cnc2ccc(C(O)C(O)CCN)cc2c1=O. The molecule has 19 heavy (non-hydrogen) atoms. The average Bonchev–Trinajstić information content (AvgIpc) is 2.42. The normalized spacial score (nSPS) is 14.5. The van der Waals surface area contributed by atoms with Crippen LogP contribution in [-0.2, 0) is 7.05 Å². The van der Waals surface area contributed by atoms with E-state index in [1.165, 1.54) is 10.9 Å². The first-order chi connectivity index (χ1) is 9.04. The minimum Gasteiger partial charge on any atom is -0.390 e. The molecule has 1 heterocycles. The predicted octanol–water partition coefficient (Wildman–Crippen LogP) is -0.323. The first-order valence-corrected chi connectivity index (χ1v) is 6.06. The highest BCUT2D eigenvalue weighted by molar-refractivity contribution is 5.78. The Morgan fingerprint density at radius 2 is 2.16 bits per heavy atom. The number of aliphatic hydroxyl groups is 2. The fourth-order valence-electron chi connectivity index (χ4n) is 1.96. The Labute approximate surface area is 110 Å². The van der Waals surface area contributed by atoms with Crippen LogP contribution in [0.15, 0.2) is 29.3 Å². The van der Waals surface area contributed by atoms with E-state index in [4.69, 9.17) is 5.73 Å². The molecule has 0 fully saturated rings. The van der Waals surface area contributed by atoms with Crippen LogP contribution in [0.5, 0.6) is 0 Å². The number of aryl methyl sites for hydroxylation is 1. The first-order valence-electron chi connectivity index (χ1n) is 6.06. The molecule has 0 aliphatic rings. The second-order valence-corrected chi connectivity index (χ2v) is 4.53. The molecule has 0 saturated carbocycles. The van der Waals surface area contributed by atoms with Crippen LogP contribution in [0.2, 0.25) is 0 Å². The topological polar surface area (TPSA) is 101 Å². The maximum atomic E-state index is 12.0. The van der Waals surface area contributed by atoms with Gasteiger partial charge in [-0.2, -0.15) is 0 Å². The van der Waals surface area contributed by atoms with Crippen molar-refractivity contribution >= 4 is 10.9 Å². The van der Waals surface area contributed by atoms with E-state index >= 15 is 0 Å². The lowest BCUT2D eigenvalue weighted by atomic mass is 10.0. The molecular weight excluding hydrogens is 246 g/mol. The van der Waals surface area contributed by atoms with Crippen LogP contribution in [0.1, 0.15) is 18.1 Å². The number of hydrogen-bond donors (Lipinski definition) is 3. The summed E-state index contributed by atoms with van der Waals surface area (Å²) in [6.07, 6.45) is -0.255. The molecular formula is C13H17N3O3. The average molecular weight is 263 g/mol. The highest BCUT2D eigenvalue weighted by Gasteiger charge is 2.18. The van der Waals surface area contributed by atoms with Gasteiger partial charge in [-0.1, -0.05) is 6.07 Å². The summed E-state index contributed by atoms with van der Waals surface area (Å²) in [5.41, 5.74) is 6.20. The molecule has 6 heteroatoms. The van der Waals surface area contributed by atoms with Crippen molar-refractivity contribution in [3.8, 4) is 0 Å². The third kappa shape index (κ3) is 2.65. The molecule has 102 valence electrons. The number of nitrogens with two attached hydrogens (primary N) is 1. The lowest BCUT2D eigenvalue weighted by Gasteiger charge is -2.17. The van der Waals surface area contributed by atoms with Crippen LogP contribution in [0.4, 0.5) is 0 Å². The molecule has 0 spiro atoms. The number of rotatable bonds is 4. The van der Waals surface area contributed by atoms with E-state index in [9.17, 15) is 15.0 Å². The lowest BCUT2D eigenvalue weighted by Crippen LogP contribution is -2.22. The Morgan fingerprint density at radius 1 is 1.42 bits per heavy atom. The fourth-order valence-corrected chi connectivity index (χ4v) is 1.96. The van der Waals surface area contributed by atoms with Gasteiger partial charge in [-0.15, -0.1) is 0 Å². The van der Waals surface area contributed by atoms with Crippen molar-refractivity contribution in [2.24, 2.45) is 12.8 Å². The maximum Gasteiger partial charge on any atom is 0.260 e. The Bertz CT molecular complexity index is 639. The van der Waals surface area contributed by atoms with Gasteiger partial charge in [0.25, 0.3) is 5.56 Å². The Balaban J connectivity index is 2.46. The second-order valence-electron chi connectivity index (χ2n) is 4.53. The first kappa shape index (κ1) is 13.7. The van der Waals surface area contributed by atoms with E-state index in [0.29, 0.717) is 22.9 Å². The molecule has 1 aromatic carbocycles. The van der Waals surface area contributed by atoms with Gasteiger partial charge in [0.05, 0.1) is 23.3 Å². The van der Waals surface area contributed by atoms with E-state index in [1.54, 1.807) is 25.2 Å². The molecule has 4 N–H and O–H groups in total. The van der Waals surface area contributed by atoms with E-state index < -0.39 is 12.2 Å². The monoisotopic (exact) mass is 263 g/mol. The summed E-state index contributed by atoms with van der Waals surface area (Å²) in [4.78, 5) is 16.1. The Morgan fingerprint density at radius 3 is 2.84 bits per heavy atom. The van der Waals surface area contributed by atoms with E-state index in [0.717, 1.165) is 0 Å². The number of nitrogens with zero attached hydrogens (tertiary/aromatic N) is 2. The largest absolute Gasteiger partial charge is 0.390 e. The maximum absolute atomic E-state index is 12.0. The molecule has 2 aromatic rings. The summed E-state index contributed by atoms with van der Waals surface area (Å²) in [5.74, 6) is 0. The van der Waals surface area contributed by atoms with Crippen LogP contribution < -0.4 is 11.3 Å². The number of benzene rings is 1. The van der Waals surface area contributed by atoms with Crippen molar-refractivity contribution < 1.29 is 10.2 Å². The van der Waals surface area contributed by atoms with Gasteiger partial charge >= 0.3 is 0 Å². The number of hydrogen-bond acceptors (Lipinski definition) is 5. The van der Waals surface area contributed by atoms with Gasteiger partial charge in [0.1, 0.15) is 6.10 Å². The molecule has 6 nitrogen and oxygen atoms in total. The van der Waals surface area contributed by atoms with Crippen molar-refractivity contribution in [3.05, 3.63) is 40.4 Å². The summed E-state index contributed by atoms with van der Waals surface area (Å²) >= 11 is 0. The molecule has 0 radical (unpaired) electrons. The van der Waals surface area contributed by atoms with E-state index in [-0.39, 0.29) is 12.1 Å². The molecule has 2 atom stereocenters. The highest BCUT2D eigenvalue weighted by atomic mass is 16.3. The molecule has 0 aliphatic heterocycles. The van der Waals surface area contributed by atoms with Crippen LogP contribution in [0.25, 0.3) is 10.9 Å². The summed E-state index contributed by atoms with van der Waals surface area (Å²) in [5, 5.41) is 20.2. The lowest BCUT2D eigenvalue weighted by molar-refractivity contribution is 0.0151. The van der Waals surface area contributed by atoms with Gasteiger partial charge < -0.3 is 20.5 Å². The van der Waals surface area contributed by atoms with Crippen LogP contribution >= 0.6 is 0 Å². The van der Waals surface area contributed by atoms with Crippen LogP contribution in [0, 0.1) is 0 Å². The van der Waals surface area contributed by atoms with Crippen molar-refractivity contribution in [1.82, 2.24) is 9.55 Å². The number of fused-ring (bicyclic) bond motifs is 1. The molecule has 0 aliphatic carbocycles. The summed E-state index contributed by atoms with van der Waals surface area (Å²) in [6.45, 7) is 0.287. The zero-order chi connectivity index (χ0) is 14.0. The number of aromatic nitrogens is 2. The highest BCUT2D eigenvalue weighted by Crippen LogP contribution is 2.21. The summed E-state index contributed by atoms with van der Waals surface area (Å²) in [7, 11) is 1.61.